The molecule has 0 heterocycles. The van der Waals surface area contributed by atoms with Gasteiger partial charge in [0.05, 0.1) is 11.0 Å². The van der Waals surface area contributed by atoms with E-state index < -0.39 is 0 Å². The Labute approximate surface area is 208 Å². The maximum absolute atomic E-state index is 11.8. The molecule has 186 valence electrons. The van der Waals surface area contributed by atoms with Gasteiger partial charge >= 0.3 is 0 Å². The van der Waals surface area contributed by atoms with Gasteiger partial charge in [0, 0.05) is 10.9 Å². The summed E-state index contributed by atoms with van der Waals surface area (Å²) in [4.78, 5) is 11.5. The van der Waals surface area contributed by atoms with E-state index in [0.717, 1.165) is 25.7 Å². The molecule has 6 heteroatoms. The molecule has 0 amide bonds. The fourth-order valence-corrected chi connectivity index (χ4v) is 6.33. The third-order valence-electron chi connectivity index (χ3n) is 7.96. The van der Waals surface area contributed by atoms with E-state index in [2.05, 4.69) is 57.5 Å². The number of rotatable bonds is 8. The summed E-state index contributed by atoms with van der Waals surface area (Å²) in [6.07, 6.45) is 6.89. The molecule has 33 heavy (non-hydrogen) atoms. The van der Waals surface area contributed by atoms with E-state index in [1.54, 1.807) is 6.07 Å². The van der Waals surface area contributed by atoms with Crippen LogP contribution in [0.3, 0.4) is 0 Å². The zero-order valence-electron chi connectivity index (χ0n) is 21.2. The van der Waals surface area contributed by atoms with Crippen LogP contribution in [0.1, 0.15) is 85.6 Å². The van der Waals surface area contributed by atoms with E-state index >= 15 is 0 Å². The monoisotopic (exact) mass is 523 g/mol. The molecule has 5 nitrogen and oxygen atoms in total. The van der Waals surface area contributed by atoms with Crippen molar-refractivity contribution in [2.24, 2.45) is 35.5 Å². The maximum Gasteiger partial charge on any atom is 0.277 e. The van der Waals surface area contributed by atoms with Crippen LogP contribution in [-0.2, 0) is 5.33 Å². The fourth-order valence-electron chi connectivity index (χ4n) is 5.88. The van der Waals surface area contributed by atoms with Crippen molar-refractivity contribution < 1.29 is 14.4 Å². The van der Waals surface area contributed by atoms with Gasteiger partial charge in [0.25, 0.3) is 5.69 Å². The average molecular weight is 525 g/mol. The van der Waals surface area contributed by atoms with Gasteiger partial charge in [-0.1, -0.05) is 70.3 Å². The molecule has 0 saturated heterocycles. The quantitative estimate of drug-likeness (QED) is 0.196. The largest absolute Gasteiger partial charge is 0.486 e. The topological polar surface area (TPSA) is 61.6 Å². The molecule has 1 aromatic rings. The molecule has 6 atom stereocenters. The second-order valence-corrected chi connectivity index (χ2v) is 11.8. The van der Waals surface area contributed by atoms with Crippen molar-refractivity contribution >= 4 is 21.6 Å². The Morgan fingerprint density at radius 1 is 0.909 bits per heavy atom. The van der Waals surface area contributed by atoms with Crippen molar-refractivity contribution in [3.8, 4) is 11.5 Å². The van der Waals surface area contributed by atoms with Crippen LogP contribution in [0.2, 0.25) is 0 Å². The third kappa shape index (κ3) is 6.43. The lowest BCUT2D eigenvalue weighted by atomic mass is 9.75. The van der Waals surface area contributed by atoms with Crippen molar-refractivity contribution in [1.29, 1.82) is 0 Å². The highest BCUT2D eigenvalue weighted by Crippen LogP contribution is 2.44. The Bertz CT molecular complexity index is 812. The molecule has 2 saturated carbocycles. The molecular formula is C27H42BrNO4. The van der Waals surface area contributed by atoms with Crippen LogP contribution in [0.5, 0.6) is 11.5 Å². The van der Waals surface area contributed by atoms with Crippen LogP contribution < -0.4 is 9.47 Å². The summed E-state index contributed by atoms with van der Waals surface area (Å²) >= 11 is 3.44. The van der Waals surface area contributed by atoms with Crippen LogP contribution >= 0.6 is 15.9 Å². The van der Waals surface area contributed by atoms with Gasteiger partial charge in [-0.2, -0.15) is 0 Å². The summed E-state index contributed by atoms with van der Waals surface area (Å²) in [6.45, 7) is 13.6. The Balaban J connectivity index is 1.98. The first-order valence-corrected chi connectivity index (χ1v) is 13.9. The molecule has 0 N–H and O–H groups in total. The number of hydrogen-bond donors (Lipinski definition) is 0. The van der Waals surface area contributed by atoms with Gasteiger partial charge in [0.1, 0.15) is 12.2 Å². The second kappa shape index (κ2) is 11.4. The summed E-state index contributed by atoms with van der Waals surface area (Å²) in [5, 5.41) is 12.2. The normalized spacial score (nSPS) is 30.5. The fraction of sp³-hybridized carbons (Fsp3) is 0.778. The predicted octanol–water partition coefficient (Wildman–Crippen LogP) is 8.17. The lowest BCUT2D eigenvalue weighted by molar-refractivity contribution is -0.385. The first-order valence-electron chi connectivity index (χ1n) is 12.8. The zero-order chi connectivity index (χ0) is 24.3. The Kier molecular flexibility index (Phi) is 9.10. The lowest BCUT2D eigenvalue weighted by Crippen LogP contribution is -2.38. The van der Waals surface area contributed by atoms with Gasteiger partial charge < -0.3 is 9.47 Å². The number of ether oxygens (including phenoxy) is 2. The molecule has 2 aliphatic rings. The minimum Gasteiger partial charge on any atom is -0.486 e. The van der Waals surface area contributed by atoms with Gasteiger partial charge in [-0.3, -0.25) is 10.1 Å². The number of halogens is 1. The molecule has 0 aromatic heterocycles. The number of nitrogens with zero attached hydrogens (tertiary/aromatic N) is 1. The highest BCUT2D eigenvalue weighted by atomic mass is 79.9. The number of hydrogen-bond acceptors (Lipinski definition) is 4. The lowest BCUT2D eigenvalue weighted by Gasteiger charge is -2.39. The smallest absolute Gasteiger partial charge is 0.277 e. The van der Waals surface area contributed by atoms with Gasteiger partial charge in [-0.15, -0.1) is 0 Å². The van der Waals surface area contributed by atoms with Crippen molar-refractivity contribution in [2.75, 3.05) is 0 Å². The minimum atomic E-state index is -0.309. The molecule has 0 spiro atoms. The number of nitro groups is 1. The average Bonchev–Trinajstić information content (AvgIpc) is 2.74. The summed E-state index contributed by atoms with van der Waals surface area (Å²) in [5.74, 6) is 4.38. The summed E-state index contributed by atoms with van der Waals surface area (Å²) in [5.41, 5.74) is 0.723. The Hall–Kier alpha value is -1.30. The molecule has 0 radical (unpaired) electrons. The van der Waals surface area contributed by atoms with E-state index in [0.29, 0.717) is 57.9 Å². The molecule has 0 aliphatic heterocycles. The van der Waals surface area contributed by atoms with E-state index in [9.17, 15) is 10.1 Å². The Morgan fingerprint density at radius 2 is 1.36 bits per heavy atom. The van der Waals surface area contributed by atoms with Crippen molar-refractivity contribution in [3.05, 3.63) is 27.8 Å². The molecule has 2 fully saturated rings. The van der Waals surface area contributed by atoms with Crippen LogP contribution in [0.25, 0.3) is 0 Å². The molecule has 3 rings (SSSR count). The predicted molar refractivity (Wildman–Crippen MR) is 137 cm³/mol. The molecular weight excluding hydrogens is 482 g/mol. The van der Waals surface area contributed by atoms with Crippen LogP contribution in [0.15, 0.2) is 12.1 Å². The van der Waals surface area contributed by atoms with E-state index in [1.807, 2.05) is 6.07 Å². The second-order valence-electron chi connectivity index (χ2n) is 11.3. The summed E-state index contributed by atoms with van der Waals surface area (Å²) < 4.78 is 13.3. The first kappa shape index (κ1) is 26.3. The van der Waals surface area contributed by atoms with E-state index in [-0.39, 0.29) is 22.8 Å². The van der Waals surface area contributed by atoms with Crippen LogP contribution in [-0.4, -0.2) is 17.1 Å². The highest BCUT2D eigenvalue weighted by Gasteiger charge is 2.36. The van der Waals surface area contributed by atoms with Crippen LogP contribution in [0.4, 0.5) is 5.69 Å². The zero-order valence-corrected chi connectivity index (χ0v) is 22.8. The first-order chi connectivity index (χ1) is 15.6. The van der Waals surface area contributed by atoms with Crippen molar-refractivity contribution in [3.63, 3.8) is 0 Å². The number of alkyl halides is 1. The molecule has 6 unspecified atom stereocenters. The third-order valence-corrected chi connectivity index (χ3v) is 8.57. The summed E-state index contributed by atoms with van der Waals surface area (Å²) in [7, 11) is 0. The number of benzene rings is 1. The SMILES string of the molecule is CC1CCC(C(C)C)C(Oc2cc(CBr)c([N+](=O)[O-])cc2OC2CC(C)CCC2C(C)C)C1. The molecule has 1 aromatic carbocycles. The Morgan fingerprint density at radius 3 is 1.76 bits per heavy atom. The van der Waals surface area contributed by atoms with E-state index in [4.69, 9.17) is 9.47 Å². The summed E-state index contributed by atoms with van der Waals surface area (Å²) in [6, 6.07) is 3.45. The van der Waals surface area contributed by atoms with Gasteiger partial charge in [0.2, 0.25) is 0 Å². The van der Waals surface area contributed by atoms with Gasteiger partial charge in [0.15, 0.2) is 11.5 Å². The minimum absolute atomic E-state index is 0.0525. The van der Waals surface area contributed by atoms with E-state index in [1.165, 1.54) is 12.8 Å². The molecule has 0 bridgehead atoms. The standard InChI is InChI=1S/C27H42BrNO4/c1-16(2)21-9-7-18(5)11-24(21)32-26-13-20(15-28)23(29(30)31)14-27(26)33-25-12-19(6)8-10-22(25)17(3)4/h13-14,16-19,21-22,24-25H,7-12,15H2,1-6H3. The number of nitro benzene ring substituents is 1. The van der Waals surface area contributed by atoms with Gasteiger partial charge in [-0.25, -0.2) is 0 Å². The van der Waals surface area contributed by atoms with Crippen molar-refractivity contribution in [1.82, 2.24) is 0 Å². The van der Waals surface area contributed by atoms with Crippen LogP contribution in [0, 0.1) is 45.6 Å². The van der Waals surface area contributed by atoms with Crippen molar-refractivity contribution in [2.45, 2.75) is 97.6 Å². The molecule has 2 aliphatic carbocycles. The maximum atomic E-state index is 11.8. The highest BCUT2D eigenvalue weighted by molar-refractivity contribution is 9.08. The van der Waals surface area contributed by atoms with Gasteiger partial charge in [-0.05, 0) is 67.3 Å².